The summed E-state index contributed by atoms with van der Waals surface area (Å²) in [6.45, 7) is 2.23. The molecule has 2 N–H and O–H groups in total. The van der Waals surface area contributed by atoms with E-state index >= 15 is 0 Å². The zero-order valence-corrected chi connectivity index (χ0v) is 20.2. The van der Waals surface area contributed by atoms with Crippen LogP contribution in [0.3, 0.4) is 0 Å². The number of rotatable bonds is 9. The van der Waals surface area contributed by atoms with E-state index in [-0.39, 0.29) is 5.91 Å². The standard InChI is InChI=1S/C25H26Br2N2O/c1-2-3-4-5-8-18-11-14-20(15-12-18)28-23-9-6-7-10-24(23)29-25(30)21-17-19(26)13-16-22(21)27/h6-7,9-17,28H,2-5,8H2,1H3,(H,29,30). The quantitative estimate of drug-likeness (QED) is 0.273. The third kappa shape index (κ3) is 6.44. The normalized spacial score (nSPS) is 10.6. The van der Waals surface area contributed by atoms with Crippen LogP contribution in [0.15, 0.2) is 75.7 Å². The maximum absolute atomic E-state index is 12.8. The summed E-state index contributed by atoms with van der Waals surface area (Å²) in [6.07, 6.45) is 6.21. The Morgan fingerprint density at radius 1 is 0.867 bits per heavy atom. The molecular weight excluding hydrogens is 504 g/mol. The van der Waals surface area contributed by atoms with Crippen molar-refractivity contribution in [1.29, 1.82) is 0 Å². The molecular formula is C25H26Br2N2O. The van der Waals surface area contributed by atoms with E-state index in [1.54, 1.807) is 6.07 Å². The minimum absolute atomic E-state index is 0.167. The lowest BCUT2D eigenvalue weighted by atomic mass is 10.1. The van der Waals surface area contributed by atoms with E-state index in [1.807, 2.05) is 36.4 Å². The number of hydrogen-bond acceptors (Lipinski definition) is 2. The monoisotopic (exact) mass is 528 g/mol. The molecule has 3 aromatic carbocycles. The smallest absolute Gasteiger partial charge is 0.256 e. The number of nitrogens with one attached hydrogen (secondary N) is 2. The van der Waals surface area contributed by atoms with Gasteiger partial charge in [0, 0.05) is 14.6 Å². The van der Waals surface area contributed by atoms with Crippen molar-refractivity contribution in [3.63, 3.8) is 0 Å². The molecule has 0 aromatic heterocycles. The molecule has 0 unspecified atom stereocenters. The van der Waals surface area contributed by atoms with Gasteiger partial charge < -0.3 is 10.6 Å². The van der Waals surface area contributed by atoms with Crippen LogP contribution >= 0.6 is 31.9 Å². The maximum Gasteiger partial charge on any atom is 0.256 e. The summed E-state index contributed by atoms with van der Waals surface area (Å²) in [5.74, 6) is -0.167. The van der Waals surface area contributed by atoms with Gasteiger partial charge in [0.1, 0.15) is 0 Å². The first-order valence-electron chi connectivity index (χ1n) is 10.3. The third-order valence-electron chi connectivity index (χ3n) is 4.90. The molecule has 0 radical (unpaired) electrons. The maximum atomic E-state index is 12.8. The minimum atomic E-state index is -0.167. The molecule has 0 bridgehead atoms. The Balaban J connectivity index is 1.68. The van der Waals surface area contributed by atoms with Crippen LogP contribution in [0.5, 0.6) is 0 Å². The van der Waals surface area contributed by atoms with Crippen molar-refractivity contribution >= 4 is 54.8 Å². The highest BCUT2D eigenvalue weighted by Gasteiger charge is 2.13. The van der Waals surface area contributed by atoms with Crippen molar-refractivity contribution < 1.29 is 4.79 Å². The lowest BCUT2D eigenvalue weighted by Crippen LogP contribution is -2.13. The summed E-state index contributed by atoms with van der Waals surface area (Å²) >= 11 is 6.88. The third-order valence-corrected chi connectivity index (χ3v) is 6.08. The van der Waals surface area contributed by atoms with Gasteiger partial charge in [0.15, 0.2) is 0 Å². The van der Waals surface area contributed by atoms with Gasteiger partial charge in [-0.15, -0.1) is 0 Å². The first-order chi connectivity index (χ1) is 14.6. The van der Waals surface area contributed by atoms with E-state index in [2.05, 4.69) is 73.7 Å². The molecule has 0 spiro atoms. The van der Waals surface area contributed by atoms with Crippen molar-refractivity contribution in [3.05, 3.63) is 86.8 Å². The highest BCUT2D eigenvalue weighted by Crippen LogP contribution is 2.28. The largest absolute Gasteiger partial charge is 0.354 e. The molecule has 0 fully saturated rings. The van der Waals surface area contributed by atoms with Crippen LogP contribution < -0.4 is 10.6 Å². The summed E-state index contributed by atoms with van der Waals surface area (Å²) in [5.41, 5.74) is 4.52. The van der Waals surface area contributed by atoms with Crippen LogP contribution in [0.2, 0.25) is 0 Å². The molecule has 0 aliphatic rings. The Morgan fingerprint density at radius 2 is 1.60 bits per heavy atom. The topological polar surface area (TPSA) is 41.1 Å². The van der Waals surface area contributed by atoms with E-state index in [1.165, 1.54) is 31.2 Å². The van der Waals surface area contributed by atoms with Gasteiger partial charge in [-0.1, -0.05) is 66.4 Å². The van der Waals surface area contributed by atoms with Gasteiger partial charge in [-0.2, -0.15) is 0 Å². The van der Waals surface area contributed by atoms with E-state index in [9.17, 15) is 4.79 Å². The molecule has 0 aliphatic heterocycles. The number of unbranched alkanes of at least 4 members (excludes halogenated alkanes) is 3. The van der Waals surface area contributed by atoms with Crippen molar-refractivity contribution in [2.24, 2.45) is 0 Å². The average molecular weight is 530 g/mol. The van der Waals surface area contributed by atoms with Crippen LogP contribution in [-0.2, 0) is 6.42 Å². The molecule has 3 aromatic rings. The highest BCUT2D eigenvalue weighted by molar-refractivity contribution is 9.11. The van der Waals surface area contributed by atoms with Gasteiger partial charge in [-0.05, 0) is 76.8 Å². The van der Waals surface area contributed by atoms with E-state index in [0.29, 0.717) is 5.56 Å². The predicted octanol–water partition coefficient (Wildman–Crippen LogP) is 8.33. The molecule has 1 amide bonds. The number of para-hydroxylation sites is 2. The van der Waals surface area contributed by atoms with Crippen molar-refractivity contribution in [2.75, 3.05) is 10.6 Å². The molecule has 0 saturated heterocycles. The first-order valence-corrected chi connectivity index (χ1v) is 11.9. The molecule has 0 aliphatic carbocycles. The number of carbonyl (C=O) groups excluding carboxylic acids is 1. The van der Waals surface area contributed by atoms with Crippen LogP contribution in [0.25, 0.3) is 0 Å². The van der Waals surface area contributed by atoms with Crippen molar-refractivity contribution in [1.82, 2.24) is 0 Å². The Labute approximate surface area is 195 Å². The van der Waals surface area contributed by atoms with Gasteiger partial charge >= 0.3 is 0 Å². The Morgan fingerprint density at radius 3 is 2.33 bits per heavy atom. The van der Waals surface area contributed by atoms with Gasteiger partial charge in [0.05, 0.1) is 16.9 Å². The second-order valence-corrected chi connectivity index (χ2v) is 9.03. The van der Waals surface area contributed by atoms with E-state index in [0.717, 1.165) is 32.4 Å². The second kappa shape index (κ2) is 11.3. The summed E-state index contributed by atoms with van der Waals surface area (Å²) in [7, 11) is 0. The van der Waals surface area contributed by atoms with Crippen LogP contribution in [0, 0.1) is 0 Å². The van der Waals surface area contributed by atoms with Crippen LogP contribution in [0.1, 0.15) is 48.5 Å². The van der Waals surface area contributed by atoms with Gasteiger partial charge in [0.25, 0.3) is 5.91 Å². The van der Waals surface area contributed by atoms with E-state index in [4.69, 9.17) is 0 Å². The molecule has 0 heterocycles. The number of hydrogen-bond donors (Lipinski definition) is 2. The number of carbonyl (C=O) groups is 1. The summed E-state index contributed by atoms with van der Waals surface area (Å²) in [4.78, 5) is 12.8. The Kier molecular flexibility index (Phi) is 8.52. The lowest BCUT2D eigenvalue weighted by Gasteiger charge is -2.14. The van der Waals surface area contributed by atoms with E-state index < -0.39 is 0 Å². The lowest BCUT2D eigenvalue weighted by molar-refractivity contribution is 0.102. The fourth-order valence-electron chi connectivity index (χ4n) is 3.23. The summed E-state index contributed by atoms with van der Waals surface area (Å²) < 4.78 is 1.61. The molecule has 0 atom stereocenters. The molecule has 3 rings (SSSR count). The van der Waals surface area contributed by atoms with Crippen molar-refractivity contribution in [2.45, 2.75) is 39.0 Å². The highest BCUT2D eigenvalue weighted by atomic mass is 79.9. The summed E-state index contributed by atoms with van der Waals surface area (Å²) in [5, 5.41) is 6.44. The predicted molar refractivity (Wildman–Crippen MR) is 134 cm³/mol. The first kappa shape index (κ1) is 22.6. The second-order valence-electron chi connectivity index (χ2n) is 7.26. The fraction of sp³-hybridized carbons (Fsp3) is 0.240. The van der Waals surface area contributed by atoms with Crippen LogP contribution in [0.4, 0.5) is 17.1 Å². The van der Waals surface area contributed by atoms with Gasteiger partial charge in [0.2, 0.25) is 0 Å². The molecule has 3 nitrogen and oxygen atoms in total. The van der Waals surface area contributed by atoms with Gasteiger partial charge in [-0.25, -0.2) is 0 Å². The molecule has 156 valence electrons. The number of halogens is 2. The zero-order chi connectivity index (χ0) is 21.3. The molecule has 5 heteroatoms. The number of benzene rings is 3. The minimum Gasteiger partial charge on any atom is -0.354 e. The van der Waals surface area contributed by atoms with Crippen molar-refractivity contribution in [3.8, 4) is 0 Å². The number of amides is 1. The fourth-order valence-corrected chi connectivity index (χ4v) is 4.02. The SMILES string of the molecule is CCCCCCc1ccc(Nc2ccccc2NC(=O)c2cc(Br)ccc2Br)cc1. The number of aryl methyl sites for hydroxylation is 1. The average Bonchev–Trinajstić information content (AvgIpc) is 2.75. The Bertz CT molecular complexity index is 987. The number of anilines is 3. The molecule has 0 saturated carbocycles. The van der Waals surface area contributed by atoms with Gasteiger partial charge in [-0.3, -0.25) is 4.79 Å². The Hall–Kier alpha value is -2.11. The van der Waals surface area contributed by atoms with Crippen LogP contribution in [-0.4, -0.2) is 5.91 Å². The summed E-state index contributed by atoms with van der Waals surface area (Å²) in [6, 6.07) is 21.8. The zero-order valence-electron chi connectivity index (χ0n) is 17.1. The molecule has 30 heavy (non-hydrogen) atoms.